The fourth-order valence-electron chi connectivity index (χ4n) is 0.535. The first-order valence-electron chi connectivity index (χ1n) is 5.33. The first-order valence-corrected chi connectivity index (χ1v) is 5.33. The van der Waals surface area contributed by atoms with Crippen molar-refractivity contribution in [1.29, 1.82) is 0 Å². The summed E-state index contributed by atoms with van der Waals surface area (Å²) in [6, 6.07) is 0.704. The number of rotatable bonds is 4. The van der Waals surface area contributed by atoms with Crippen molar-refractivity contribution >= 4 is 0 Å². The summed E-state index contributed by atoms with van der Waals surface area (Å²) in [5.41, 5.74) is 5.35. The zero-order valence-corrected chi connectivity index (χ0v) is 10.3. The topological polar surface area (TPSA) is 38.0 Å². The summed E-state index contributed by atoms with van der Waals surface area (Å²) in [5.74, 6) is 0. The summed E-state index contributed by atoms with van der Waals surface area (Å²) in [6.07, 6.45) is 2.48. The average molecular weight is 188 g/mol. The molecule has 0 aromatic heterocycles. The molecule has 0 aromatic rings. The van der Waals surface area contributed by atoms with Crippen molar-refractivity contribution in [2.45, 2.75) is 66.0 Å². The number of nitrogens with two attached hydrogens (primary N) is 1. The third-order valence-corrected chi connectivity index (χ3v) is 1.36. The molecule has 2 heteroatoms. The van der Waals surface area contributed by atoms with Crippen LogP contribution in [0.1, 0.15) is 54.4 Å². The normalized spacial score (nSPS) is 13.2. The molecule has 0 amide bonds. The molecule has 0 spiro atoms. The van der Waals surface area contributed by atoms with Crippen molar-refractivity contribution in [3.8, 4) is 0 Å². The Bertz CT molecular complexity index is 88.8. The maximum Gasteiger partial charge on any atom is 0.00686 e. The van der Waals surface area contributed by atoms with E-state index in [1.54, 1.807) is 0 Å². The Morgan fingerprint density at radius 3 is 1.85 bits per heavy atom. The van der Waals surface area contributed by atoms with Crippen LogP contribution in [0.2, 0.25) is 0 Å². The molecular weight excluding hydrogens is 160 g/mol. The lowest BCUT2D eigenvalue weighted by atomic mass is 10.1. The van der Waals surface area contributed by atoms with E-state index in [4.69, 9.17) is 5.73 Å². The molecule has 3 N–H and O–H groups in total. The van der Waals surface area contributed by atoms with Gasteiger partial charge in [-0.25, -0.2) is 0 Å². The standard InChI is InChI=1S/C7H17N.C4H11N/c1-4-6-8-7(3)5-2;1-4(2,3)5/h7-8H,4-6H2,1-3H3;5H2,1-3H3. The van der Waals surface area contributed by atoms with Gasteiger partial charge in [-0.2, -0.15) is 0 Å². The Morgan fingerprint density at radius 2 is 1.62 bits per heavy atom. The highest BCUT2D eigenvalue weighted by Crippen LogP contribution is 1.88. The summed E-state index contributed by atoms with van der Waals surface area (Å²) in [4.78, 5) is 0. The lowest BCUT2D eigenvalue weighted by Gasteiger charge is -2.08. The lowest BCUT2D eigenvalue weighted by molar-refractivity contribution is 0.533. The minimum absolute atomic E-state index is 0. The third kappa shape index (κ3) is 33.5. The highest BCUT2D eigenvalue weighted by Gasteiger charge is 1.95. The van der Waals surface area contributed by atoms with Crippen LogP contribution in [0.5, 0.6) is 0 Å². The highest BCUT2D eigenvalue weighted by molar-refractivity contribution is 4.60. The first-order chi connectivity index (χ1) is 5.81. The fraction of sp³-hybridized carbons (Fsp3) is 1.00. The van der Waals surface area contributed by atoms with E-state index in [0.29, 0.717) is 6.04 Å². The molecule has 0 aromatic carbocycles. The molecule has 82 valence electrons. The molecular formula is C11H28N2. The Kier molecular flexibility index (Phi) is 10.1. The summed E-state index contributed by atoms with van der Waals surface area (Å²) in [6.45, 7) is 13.7. The lowest BCUT2D eigenvalue weighted by Crippen LogP contribution is -2.26. The molecule has 0 saturated heterocycles. The SMILES string of the molecule is CC(C)(C)N.CCCNC(C)CC. The second-order valence-electron chi connectivity index (χ2n) is 4.63. The van der Waals surface area contributed by atoms with Gasteiger partial charge in [-0.15, -0.1) is 0 Å². The molecule has 0 aliphatic carbocycles. The molecule has 1 unspecified atom stereocenters. The summed E-state index contributed by atoms with van der Waals surface area (Å²) >= 11 is 0. The molecule has 0 fully saturated rings. The van der Waals surface area contributed by atoms with Gasteiger partial charge in [0.1, 0.15) is 0 Å². The molecule has 2 nitrogen and oxygen atoms in total. The summed E-state index contributed by atoms with van der Waals surface area (Å²) in [7, 11) is 0. The molecule has 0 aliphatic heterocycles. The van der Waals surface area contributed by atoms with Crippen LogP contribution < -0.4 is 11.1 Å². The van der Waals surface area contributed by atoms with Gasteiger partial charge in [-0.3, -0.25) is 0 Å². The average Bonchev–Trinajstić information content (AvgIpc) is 1.97. The van der Waals surface area contributed by atoms with Crippen molar-refractivity contribution in [1.82, 2.24) is 5.32 Å². The first kappa shape index (κ1) is 15.4. The van der Waals surface area contributed by atoms with E-state index < -0.39 is 0 Å². The Labute approximate surface area is 84.3 Å². The molecule has 13 heavy (non-hydrogen) atoms. The van der Waals surface area contributed by atoms with Crippen LogP contribution in [0.3, 0.4) is 0 Å². The van der Waals surface area contributed by atoms with E-state index >= 15 is 0 Å². The van der Waals surface area contributed by atoms with Crippen molar-refractivity contribution < 1.29 is 0 Å². The molecule has 0 saturated carbocycles. The van der Waals surface area contributed by atoms with Gasteiger partial charge in [0.15, 0.2) is 0 Å². The monoisotopic (exact) mass is 188 g/mol. The fourth-order valence-corrected chi connectivity index (χ4v) is 0.535. The van der Waals surface area contributed by atoms with Gasteiger partial charge < -0.3 is 11.1 Å². The van der Waals surface area contributed by atoms with Crippen molar-refractivity contribution in [2.24, 2.45) is 5.73 Å². The number of hydrogen-bond acceptors (Lipinski definition) is 2. The molecule has 0 bridgehead atoms. The zero-order valence-electron chi connectivity index (χ0n) is 10.3. The molecule has 0 heterocycles. The van der Waals surface area contributed by atoms with Crippen molar-refractivity contribution in [3.63, 3.8) is 0 Å². The van der Waals surface area contributed by atoms with Gasteiger partial charge in [-0.1, -0.05) is 13.8 Å². The van der Waals surface area contributed by atoms with Crippen LogP contribution in [0.25, 0.3) is 0 Å². The maximum atomic E-state index is 5.35. The van der Waals surface area contributed by atoms with E-state index in [2.05, 4.69) is 26.1 Å². The van der Waals surface area contributed by atoms with Crippen LogP contribution in [0, 0.1) is 0 Å². The van der Waals surface area contributed by atoms with E-state index in [0.717, 1.165) is 6.54 Å². The molecule has 0 radical (unpaired) electrons. The van der Waals surface area contributed by atoms with Gasteiger partial charge >= 0.3 is 0 Å². The Hall–Kier alpha value is -0.0800. The summed E-state index contributed by atoms with van der Waals surface area (Å²) < 4.78 is 0. The van der Waals surface area contributed by atoms with Crippen molar-refractivity contribution in [3.05, 3.63) is 0 Å². The minimum atomic E-state index is 0. The van der Waals surface area contributed by atoms with Crippen LogP contribution in [-0.4, -0.2) is 18.1 Å². The zero-order chi connectivity index (χ0) is 10.9. The van der Waals surface area contributed by atoms with Crippen LogP contribution in [-0.2, 0) is 0 Å². The van der Waals surface area contributed by atoms with Crippen molar-refractivity contribution in [2.75, 3.05) is 6.54 Å². The largest absolute Gasteiger partial charge is 0.326 e. The smallest absolute Gasteiger partial charge is 0.00686 e. The van der Waals surface area contributed by atoms with Gasteiger partial charge in [-0.05, 0) is 47.1 Å². The van der Waals surface area contributed by atoms with Crippen LogP contribution in [0.4, 0.5) is 0 Å². The van der Waals surface area contributed by atoms with E-state index in [-0.39, 0.29) is 5.54 Å². The predicted octanol–water partition coefficient (Wildman–Crippen LogP) is 2.53. The quantitative estimate of drug-likeness (QED) is 0.711. The van der Waals surface area contributed by atoms with Gasteiger partial charge in [0.2, 0.25) is 0 Å². The van der Waals surface area contributed by atoms with Gasteiger partial charge in [0.25, 0.3) is 0 Å². The predicted molar refractivity (Wildman–Crippen MR) is 62.0 cm³/mol. The van der Waals surface area contributed by atoms with E-state index in [1.165, 1.54) is 12.8 Å². The Morgan fingerprint density at radius 1 is 1.23 bits per heavy atom. The molecule has 0 rings (SSSR count). The minimum Gasteiger partial charge on any atom is -0.326 e. The second kappa shape index (κ2) is 8.52. The van der Waals surface area contributed by atoms with E-state index in [1.807, 2.05) is 20.8 Å². The van der Waals surface area contributed by atoms with E-state index in [9.17, 15) is 0 Å². The van der Waals surface area contributed by atoms with Gasteiger partial charge in [0.05, 0.1) is 0 Å². The number of hydrogen-bond donors (Lipinski definition) is 2. The van der Waals surface area contributed by atoms with Crippen LogP contribution >= 0.6 is 0 Å². The summed E-state index contributed by atoms with van der Waals surface area (Å²) in [5, 5.41) is 3.38. The van der Waals surface area contributed by atoms with Gasteiger partial charge in [0, 0.05) is 11.6 Å². The Balaban J connectivity index is 0. The van der Waals surface area contributed by atoms with Crippen LogP contribution in [0.15, 0.2) is 0 Å². The second-order valence-corrected chi connectivity index (χ2v) is 4.63. The maximum absolute atomic E-state index is 5.35. The molecule has 0 aliphatic rings. The number of nitrogens with one attached hydrogen (secondary N) is 1. The third-order valence-electron chi connectivity index (χ3n) is 1.36. The highest BCUT2D eigenvalue weighted by atomic mass is 14.9. The molecule has 1 atom stereocenters.